The van der Waals surface area contributed by atoms with E-state index in [1.54, 1.807) is 0 Å². The van der Waals surface area contributed by atoms with Crippen LogP contribution < -0.4 is 10.2 Å². The van der Waals surface area contributed by atoms with Gasteiger partial charge in [0.25, 0.3) is 0 Å². The van der Waals surface area contributed by atoms with Gasteiger partial charge in [-0.2, -0.15) is 0 Å². The van der Waals surface area contributed by atoms with Crippen molar-refractivity contribution in [1.82, 2.24) is 19.7 Å². The van der Waals surface area contributed by atoms with Crippen molar-refractivity contribution in [2.75, 3.05) is 24.5 Å². The molecule has 7 heteroatoms. The molecule has 1 saturated heterocycles. The molecule has 0 saturated carbocycles. The van der Waals surface area contributed by atoms with Gasteiger partial charge in [0.05, 0.1) is 5.69 Å². The van der Waals surface area contributed by atoms with Gasteiger partial charge in [-0.3, -0.25) is 9.78 Å². The number of hydrogen-bond donors (Lipinski definition) is 1. The summed E-state index contributed by atoms with van der Waals surface area (Å²) in [5.74, 6) is 0.0971. The number of rotatable bonds is 13. The molecule has 40 heavy (non-hydrogen) atoms. The average molecular weight is 556 g/mol. The van der Waals surface area contributed by atoms with E-state index < -0.39 is 0 Å². The maximum Gasteiger partial charge on any atom is 0.139 e. The number of Topliss-reactive ketones (excluding diaryl/α,β-unsaturated/α-hetero) is 1. The Balaban J connectivity index is 0.00000216. The Hall–Kier alpha value is -2.80. The van der Waals surface area contributed by atoms with Crippen LogP contribution in [0.5, 0.6) is 0 Å². The van der Waals surface area contributed by atoms with Crippen molar-refractivity contribution in [1.29, 1.82) is 0 Å². The number of aromatic nitrogens is 3. The molecule has 4 rings (SSSR count). The molecule has 0 unspecified atom stereocenters. The lowest BCUT2D eigenvalue weighted by Crippen LogP contribution is -2.57. The Bertz CT molecular complexity index is 1250. The van der Waals surface area contributed by atoms with Crippen LogP contribution in [0.15, 0.2) is 30.7 Å². The van der Waals surface area contributed by atoms with E-state index in [0.717, 1.165) is 70.3 Å². The van der Waals surface area contributed by atoms with Gasteiger partial charge < -0.3 is 14.6 Å². The van der Waals surface area contributed by atoms with Crippen molar-refractivity contribution >= 4 is 17.1 Å². The first-order chi connectivity index (χ1) is 19.3. The summed E-state index contributed by atoms with van der Waals surface area (Å²) in [5, 5.41) is 3.60. The number of nitrogens with one attached hydrogen (secondary N) is 1. The molecular formula is C33H54FN5O. The largest absolute Gasteiger partial charge is 0.368 e. The fourth-order valence-corrected chi connectivity index (χ4v) is 5.65. The molecule has 0 radical (unpaired) electrons. The molecule has 1 aliphatic heterocycles. The molecule has 0 atom stereocenters. The summed E-state index contributed by atoms with van der Waals surface area (Å²) in [6, 6.07) is 3.67. The van der Waals surface area contributed by atoms with E-state index in [2.05, 4.69) is 42.0 Å². The van der Waals surface area contributed by atoms with Crippen LogP contribution >= 0.6 is 0 Å². The molecule has 3 aromatic heterocycles. The van der Waals surface area contributed by atoms with Crippen LogP contribution in [-0.4, -0.2) is 45.3 Å². The SMILES string of the molecule is CC.CCCc1c(N2CCNC(C)(C)C2)ccnc1CCCCC(=O)CCCCc1cn2cc(C)nc2cc1F.[HH].[HH]. The summed E-state index contributed by atoms with van der Waals surface area (Å²) in [6.45, 7) is 15.7. The molecule has 1 N–H and O–H groups in total. The predicted molar refractivity (Wildman–Crippen MR) is 168 cm³/mol. The smallest absolute Gasteiger partial charge is 0.139 e. The normalized spacial score (nSPS) is 14.7. The van der Waals surface area contributed by atoms with Gasteiger partial charge in [-0.05, 0) is 77.3 Å². The van der Waals surface area contributed by atoms with E-state index in [9.17, 15) is 9.18 Å². The van der Waals surface area contributed by atoms with Gasteiger partial charge in [0.2, 0.25) is 0 Å². The van der Waals surface area contributed by atoms with E-state index >= 15 is 0 Å². The molecule has 1 fully saturated rings. The third-order valence-electron chi connectivity index (χ3n) is 7.54. The fraction of sp³-hybridized carbons (Fsp3) is 0.606. The topological polar surface area (TPSA) is 62.5 Å². The van der Waals surface area contributed by atoms with Gasteiger partial charge in [-0.25, -0.2) is 9.37 Å². The lowest BCUT2D eigenvalue weighted by molar-refractivity contribution is -0.119. The molecule has 0 aromatic carbocycles. The molecule has 0 spiro atoms. The number of imidazole rings is 1. The zero-order valence-electron chi connectivity index (χ0n) is 25.7. The second-order valence-corrected chi connectivity index (χ2v) is 11.5. The number of hydrogen-bond acceptors (Lipinski definition) is 5. The van der Waals surface area contributed by atoms with Crippen LogP contribution in [0, 0.1) is 12.7 Å². The van der Waals surface area contributed by atoms with Gasteiger partial charge in [-0.15, -0.1) is 0 Å². The van der Waals surface area contributed by atoms with E-state index in [4.69, 9.17) is 4.98 Å². The fourth-order valence-electron chi connectivity index (χ4n) is 5.65. The average Bonchev–Trinajstić information content (AvgIpc) is 3.29. The number of piperazine rings is 1. The van der Waals surface area contributed by atoms with Gasteiger partial charge in [0, 0.05) is 82.5 Å². The minimum atomic E-state index is -0.213. The van der Waals surface area contributed by atoms with E-state index in [0.29, 0.717) is 36.3 Å². The number of pyridine rings is 2. The minimum absolute atomic E-state index is 0. The summed E-state index contributed by atoms with van der Waals surface area (Å²) in [5.41, 5.74) is 6.21. The second kappa shape index (κ2) is 15.3. The Kier molecular flexibility index (Phi) is 12.1. The molecule has 0 aliphatic carbocycles. The van der Waals surface area contributed by atoms with Crippen LogP contribution in [0.4, 0.5) is 10.1 Å². The van der Waals surface area contributed by atoms with E-state index in [1.807, 2.05) is 43.8 Å². The highest BCUT2D eigenvalue weighted by atomic mass is 19.1. The zero-order chi connectivity index (χ0) is 29.1. The van der Waals surface area contributed by atoms with Crippen molar-refractivity contribution in [2.45, 2.75) is 111 Å². The number of unbranched alkanes of at least 4 members (excludes halogenated alkanes) is 2. The van der Waals surface area contributed by atoms with Crippen LogP contribution in [-0.2, 0) is 24.1 Å². The highest BCUT2D eigenvalue weighted by Gasteiger charge is 2.27. The molecule has 0 bridgehead atoms. The van der Waals surface area contributed by atoms with Crippen molar-refractivity contribution in [2.24, 2.45) is 0 Å². The Morgan fingerprint density at radius 2 is 1.82 bits per heavy atom. The van der Waals surface area contributed by atoms with Crippen molar-refractivity contribution < 1.29 is 12.0 Å². The summed E-state index contributed by atoms with van der Waals surface area (Å²) < 4.78 is 16.2. The number of aryl methyl sites for hydroxylation is 3. The number of anilines is 1. The first kappa shape index (κ1) is 31.7. The number of nitrogens with zero attached hydrogens (tertiary/aromatic N) is 4. The van der Waals surface area contributed by atoms with Crippen LogP contribution in [0.1, 0.15) is 105 Å². The molecule has 0 amide bonds. The zero-order valence-corrected chi connectivity index (χ0v) is 25.7. The van der Waals surface area contributed by atoms with E-state index in [1.165, 1.54) is 23.0 Å². The lowest BCUT2D eigenvalue weighted by Gasteiger charge is -2.41. The van der Waals surface area contributed by atoms with E-state index in [-0.39, 0.29) is 14.2 Å². The first-order valence-electron chi connectivity index (χ1n) is 15.4. The van der Waals surface area contributed by atoms with Crippen molar-refractivity contribution in [3.8, 4) is 0 Å². The van der Waals surface area contributed by atoms with Crippen LogP contribution in [0.2, 0.25) is 0 Å². The molecular weight excluding hydrogens is 501 g/mol. The Morgan fingerprint density at radius 3 is 2.52 bits per heavy atom. The highest BCUT2D eigenvalue weighted by molar-refractivity contribution is 5.78. The first-order valence-corrected chi connectivity index (χ1v) is 15.4. The molecule has 4 heterocycles. The third kappa shape index (κ3) is 8.85. The monoisotopic (exact) mass is 555 g/mol. The molecule has 224 valence electrons. The number of carbonyl (C=O) groups is 1. The predicted octanol–water partition coefficient (Wildman–Crippen LogP) is 7.53. The second-order valence-electron chi connectivity index (χ2n) is 11.5. The van der Waals surface area contributed by atoms with Crippen LogP contribution in [0.3, 0.4) is 0 Å². The molecule has 1 aliphatic rings. The standard InChI is InChI=1S/C31H44FN5O.C2H6.2H2/c1-5-10-26-28(33-16-15-29(26)36-18-17-34-31(3,4)22-36)14-9-8-13-25(38)12-7-6-11-24-21-37-20-23(2)35-30(37)19-27(24)32;1-2;;/h15-16,19-21,34H,5-14,17-18,22H2,1-4H3;1-2H3;2*1H. The summed E-state index contributed by atoms with van der Waals surface area (Å²) in [6.07, 6.45) is 14.0. The number of carbonyl (C=O) groups excluding carboxylic acids is 1. The highest BCUT2D eigenvalue weighted by Crippen LogP contribution is 2.28. The Labute approximate surface area is 243 Å². The van der Waals surface area contributed by atoms with Crippen molar-refractivity contribution in [3.63, 3.8) is 0 Å². The summed E-state index contributed by atoms with van der Waals surface area (Å²) in [7, 11) is 0. The van der Waals surface area contributed by atoms with Crippen LogP contribution in [0.25, 0.3) is 5.65 Å². The minimum Gasteiger partial charge on any atom is -0.368 e. The summed E-state index contributed by atoms with van der Waals surface area (Å²) in [4.78, 5) is 24.1. The Morgan fingerprint density at radius 1 is 1.10 bits per heavy atom. The van der Waals surface area contributed by atoms with Gasteiger partial charge in [0.1, 0.15) is 17.2 Å². The number of halogens is 1. The maximum absolute atomic E-state index is 14.4. The molecule has 3 aromatic rings. The van der Waals surface area contributed by atoms with Crippen molar-refractivity contribution in [3.05, 3.63) is 59.1 Å². The molecule has 6 nitrogen and oxygen atoms in total. The quantitative estimate of drug-likeness (QED) is 0.221. The number of ketones is 1. The lowest BCUT2D eigenvalue weighted by atomic mass is 9.97. The van der Waals surface area contributed by atoms with Gasteiger partial charge >= 0.3 is 0 Å². The summed E-state index contributed by atoms with van der Waals surface area (Å²) >= 11 is 0. The van der Waals surface area contributed by atoms with Gasteiger partial charge in [-0.1, -0.05) is 27.2 Å². The maximum atomic E-state index is 14.4. The number of fused-ring (bicyclic) bond motifs is 1. The third-order valence-corrected chi connectivity index (χ3v) is 7.54. The van der Waals surface area contributed by atoms with Gasteiger partial charge in [0.15, 0.2) is 0 Å².